The van der Waals surface area contributed by atoms with Crippen LogP contribution in [0, 0.1) is 5.92 Å². The number of ether oxygens (including phenoxy) is 2. The molecule has 1 aromatic heterocycles. The van der Waals surface area contributed by atoms with E-state index in [9.17, 15) is 19.2 Å². The number of esters is 2. The quantitative estimate of drug-likeness (QED) is 0.790. The molecular weight excluding hydrogens is 316 g/mol. The van der Waals surface area contributed by atoms with Gasteiger partial charge in [-0.25, -0.2) is 4.79 Å². The highest BCUT2D eigenvalue weighted by molar-refractivity contribution is 5.66. The molecule has 1 fully saturated rings. The van der Waals surface area contributed by atoms with Crippen molar-refractivity contribution in [3.63, 3.8) is 0 Å². The van der Waals surface area contributed by atoms with E-state index < -0.39 is 29.3 Å². The average molecular weight is 336 g/mol. The van der Waals surface area contributed by atoms with Crippen LogP contribution in [-0.2, 0) is 19.1 Å². The van der Waals surface area contributed by atoms with Crippen LogP contribution in [0.25, 0.3) is 6.08 Å². The fourth-order valence-corrected chi connectivity index (χ4v) is 2.96. The number of hydrogen-bond donors (Lipinski definition) is 1. The minimum atomic E-state index is -0.537. The number of hydrogen-bond acceptors (Lipinski definition) is 6. The molecule has 0 unspecified atom stereocenters. The molecule has 3 atom stereocenters. The molecule has 8 nitrogen and oxygen atoms in total. The van der Waals surface area contributed by atoms with E-state index in [1.54, 1.807) is 0 Å². The molecule has 8 heteroatoms. The monoisotopic (exact) mass is 336 g/mol. The summed E-state index contributed by atoms with van der Waals surface area (Å²) >= 11 is 0. The molecule has 1 heterocycles. The summed E-state index contributed by atoms with van der Waals surface area (Å²) in [5.41, 5.74) is -0.760. The van der Waals surface area contributed by atoms with Crippen LogP contribution in [0.1, 0.15) is 38.3 Å². The SMILES string of the molecule is C=Cc1cn([C@@H]2C[C@H](COC(C)=O)[C@@H](OC(C)=O)C2)c(=O)[nH]c1=O. The van der Waals surface area contributed by atoms with Gasteiger partial charge in [-0.2, -0.15) is 0 Å². The van der Waals surface area contributed by atoms with Crippen LogP contribution in [0.4, 0.5) is 0 Å². The normalized spacial score (nSPS) is 22.8. The van der Waals surface area contributed by atoms with Crippen molar-refractivity contribution in [1.82, 2.24) is 9.55 Å². The summed E-state index contributed by atoms with van der Waals surface area (Å²) in [6, 6.07) is -0.280. The number of H-pyrrole nitrogens is 1. The second-order valence-corrected chi connectivity index (χ2v) is 5.79. The molecule has 0 amide bonds. The predicted octanol–water partition coefficient (Wildman–Crippen LogP) is 0.626. The molecule has 0 aliphatic heterocycles. The predicted molar refractivity (Wildman–Crippen MR) is 85.4 cm³/mol. The van der Waals surface area contributed by atoms with E-state index in [0.29, 0.717) is 12.8 Å². The Hall–Kier alpha value is -2.64. The van der Waals surface area contributed by atoms with Crippen molar-refractivity contribution in [3.05, 3.63) is 39.2 Å². The first-order valence-electron chi connectivity index (χ1n) is 7.60. The number of nitrogens with one attached hydrogen (secondary N) is 1. The van der Waals surface area contributed by atoms with Crippen molar-refractivity contribution >= 4 is 18.0 Å². The standard InChI is InChI=1S/C16H20N2O6/c1-4-11-7-18(16(22)17-15(11)21)13-5-12(8-23-9(2)19)14(6-13)24-10(3)20/h4,7,12-14H,1,5-6,8H2,2-3H3,(H,17,21,22)/t12-,13-,14+/m1/s1. The highest BCUT2D eigenvalue weighted by atomic mass is 16.6. The molecule has 1 N–H and O–H groups in total. The molecule has 0 aromatic carbocycles. The van der Waals surface area contributed by atoms with Crippen molar-refractivity contribution in [3.8, 4) is 0 Å². The Balaban J connectivity index is 2.27. The summed E-state index contributed by atoms with van der Waals surface area (Å²) in [6.07, 6.45) is 3.22. The highest BCUT2D eigenvalue weighted by Crippen LogP contribution is 2.36. The van der Waals surface area contributed by atoms with Crippen molar-refractivity contribution < 1.29 is 19.1 Å². The summed E-state index contributed by atoms with van der Waals surface area (Å²) in [5, 5.41) is 0. The zero-order chi connectivity index (χ0) is 17.9. The van der Waals surface area contributed by atoms with E-state index in [2.05, 4.69) is 11.6 Å². The fraction of sp³-hybridized carbons (Fsp3) is 0.500. The molecule has 0 radical (unpaired) electrons. The van der Waals surface area contributed by atoms with Crippen molar-refractivity contribution in [2.45, 2.75) is 38.8 Å². The van der Waals surface area contributed by atoms with Crippen LogP contribution < -0.4 is 11.2 Å². The van der Waals surface area contributed by atoms with Crippen LogP contribution in [0.3, 0.4) is 0 Å². The first kappa shape index (κ1) is 17.7. The lowest BCUT2D eigenvalue weighted by molar-refractivity contribution is -0.151. The zero-order valence-electron chi connectivity index (χ0n) is 13.6. The van der Waals surface area contributed by atoms with Crippen molar-refractivity contribution in [2.24, 2.45) is 5.92 Å². The molecule has 1 aromatic rings. The van der Waals surface area contributed by atoms with E-state index in [1.165, 1.54) is 30.7 Å². The van der Waals surface area contributed by atoms with Gasteiger partial charge < -0.3 is 9.47 Å². The third-order valence-corrected chi connectivity index (χ3v) is 4.03. The maximum Gasteiger partial charge on any atom is 0.328 e. The van der Waals surface area contributed by atoms with Crippen LogP contribution >= 0.6 is 0 Å². The number of aromatic nitrogens is 2. The average Bonchev–Trinajstić information content (AvgIpc) is 2.87. The lowest BCUT2D eigenvalue weighted by atomic mass is 10.1. The van der Waals surface area contributed by atoms with Gasteiger partial charge in [0.25, 0.3) is 5.56 Å². The Morgan fingerprint density at radius 2 is 2.04 bits per heavy atom. The maximum atomic E-state index is 12.1. The van der Waals surface area contributed by atoms with Gasteiger partial charge >= 0.3 is 17.6 Å². The fourth-order valence-electron chi connectivity index (χ4n) is 2.96. The second-order valence-electron chi connectivity index (χ2n) is 5.79. The third-order valence-electron chi connectivity index (χ3n) is 4.03. The lowest BCUT2D eigenvalue weighted by Crippen LogP contribution is -2.32. The number of carbonyl (C=O) groups is 2. The van der Waals surface area contributed by atoms with E-state index >= 15 is 0 Å². The summed E-state index contributed by atoms with van der Waals surface area (Å²) < 4.78 is 11.7. The van der Waals surface area contributed by atoms with Gasteiger partial charge in [0.15, 0.2) is 0 Å². The first-order chi connectivity index (χ1) is 11.3. The molecular formula is C16H20N2O6. The zero-order valence-corrected chi connectivity index (χ0v) is 13.6. The van der Waals surface area contributed by atoms with Gasteiger partial charge in [0.1, 0.15) is 6.10 Å². The first-order valence-corrected chi connectivity index (χ1v) is 7.60. The Bertz CT molecular complexity index is 763. The van der Waals surface area contributed by atoms with Crippen LogP contribution in [-0.4, -0.2) is 34.2 Å². The number of carbonyl (C=O) groups excluding carboxylic acids is 2. The van der Waals surface area contributed by atoms with Gasteiger partial charge in [-0.05, 0) is 6.42 Å². The molecule has 0 saturated heterocycles. The molecule has 130 valence electrons. The van der Waals surface area contributed by atoms with Crippen LogP contribution in [0.2, 0.25) is 0 Å². The summed E-state index contributed by atoms with van der Waals surface area (Å²) in [6.45, 7) is 6.26. The number of nitrogens with zero attached hydrogens (tertiary/aromatic N) is 1. The maximum absolute atomic E-state index is 12.1. The Morgan fingerprint density at radius 3 is 2.62 bits per heavy atom. The van der Waals surface area contributed by atoms with Gasteiger partial charge in [0.05, 0.1) is 12.2 Å². The smallest absolute Gasteiger partial charge is 0.328 e. The molecule has 1 saturated carbocycles. The Morgan fingerprint density at radius 1 is 1.33 bits per heavy atom. The Kier molecular flexibility index (Phi) is 5.38. The van der Waals surface area contributed by atoms with E-state index in [0.717, 1.165) is 0 Å². The minimum Gasteiger partial charge on any atom is -0.465 e. The van der Waals surface area contributed by atoms with Gasteiger partial charge in [-0.3, -0.25) is 23.9 Å². The highest BCUT2D eigenvalue weighted by Gasteiger charge is 2.38. The van der Waals surface area contributed by atoms with Gasteiger partial charge in [0, 0.05) is 38.4 Å². The van der Waals surface area contributed by atoms with Crippen LogP contribution in [0.15, 0.2) is 22.4 Å². The molecule has 0 spiro atoms. The summed E-state index contributed by atoms with van der Waals surface area (Å²) in [7, 11) is 0. The van der Waals surface area contributed by atoms with E-state index in [-0.39, 0.29) is 24.1 Å². The van der Waals surface area contributed by atoms with Crippen molar-refractivity contribution in [2.75, 3.05) is 6.61 Å². The topological polar surface area (TPSA) is 107 Å². The molecule has 24 heavy (non-hydrogen) atoms. The summed E-state index contributed by atoms with van der Waals surface area (Å²) in [5.74, 6) is -1.07. The third kappa shape index (κ3) is 4.01. The minimum absolute atomic E-state index is 0.107. The molecule has 2 rings (SSSR count). The van der Waals surface area contributed by atoms with Gasteiger partial charge in [-0.1, -0.05) is 12.7 Å². The van der Waals surface area contributed by atoms with Crippen molar-refractivity contribution in [1.29, 1.82) is 0 Å². The van der Waals surface area contributed by atoms with Gasteiger partial charge in [0.2, 0.25) is 0 Å². The largest absolute Gasteiger partial charge is 0.465 e. The number of aromatic amines is 1. The van der Waals surface area contributed by atoms with E-state index in [4.69, 9.17) is 9.47 Å². The Labute approximate surface area is 138 Å². The van der Waals surface area contributed by atoms with Gasteiger partial charge in [-0.15, -0.1) is 0 Å². The summed E-state index contributed by atoms with van der Waals surface area (Å²) in [4.78, 5) is 48.2. The molecule has 1 aliphatic rings. The van der Waals surface area contributed by atoms with Crippen LogP contribution in [0.5, 0.6) is 0 Å². The second kappa shape index (κ2) is 7.29. The van der Waals surface area contributed by atoms with E-state index in [1.807, 2.05) is 0 Å². The number of rotatable bonds is 5. The lowest BCUT2D eigenvalue weighted by Gasteiger charge is -2.18. The molecule has 0 bridgehead atoms. The molecule has 1 aliphatic carbocycles.